The van der Waals surface area contributed by atoms with Gasteiger partial charge in [0.15, 0.2) is 0 Å². The number of amides is 1. The summed E-state index contributed by atoms with van der Waals surface area (Å²) >= 11 is 0. The minimum atomic E-state index is -0.00887. The molecule has 2 aromatic rings. The monoisotopic (exact) mass is 312 g/mol. The number of rotatable bonds is 4. The number of nitrogens with zero attached hydrogens (tertiary/aromatic N) is 4. The number of piperidine rings is 1. The Balaban J connectivity index is 1.73. The largest absolute Gasteiger partial charge is 0.341 e. The fourth-order valence-electron chi connectivity index (χ4n) is 2.78. The Labute approximate surface area is 135 Å². The average molecular weight is 312 g/mol. The van der Waals surface area contributed by atoms with Crippen LogP contribution in [0.1, 0.15) is 24.5 Å². The number of carbonyl (C=O) groups excluding carboxylic acids is 1. The second-order valence-electron chi connectivity index (χ2n) is 5.55. The average Bonchev–Trinajstić information content (AvgIpc) is 2.62. The van der Waals surface area contributed by atoms with E-state index in [9.17, 15) is 4.79 Å². The molecule has 0 saturated carbocycles. The summed E-state index contributed by atoms with van der Waals surface area (Å²) in [4.78, 5) is 26.7. The maximum absolute atomic E-state index is 11.8. The summed E-state index contributed by atoms with van der Waals surface area (Å²) < 4.78 is 0. The molecule has 0 aliphatic carbocycles. The van der Waals surface area contributed by atoms with Crippen LogP contribution in [-0.2, 0) is 4.79 Å². The summed E-state index contributed by atoms with van der Waals surface area (Å²) in [5.74, 6) is 1.56. The quantitative estimate of drug-likeness (QED) is 0.882. The molecule has 3 rings (SSSR count). The molecule has 1 saturated heterocycles. The number of nitrogens with two attached hydrogens (primary N) is 1. The van der Waals surface area contributed by atoms with E-state index in [4.69, 9.17) is 5.73 Å². The number of aromatic nitrogens is 3. The number of carbonyl (C=O) groups is 1. The molecule has 3 heterocycles. The van der Waals surface area contributed by atoms with Crippen LogP contribution in [0, 0.1) is 0 Å². The zero-order valence-corrected chi connectivity index (χ0v) is 12.9. The van der Waals surface area contributed by atoms with E-state index in [2.05, 4.69) is 20.3 Å². The van der Waals surface area contributed by atoms with Gasteiger partial charge >= 0.3 is 0 Å². The molecule has 0 spiro atoms. The molecule has 23 heavy (non-hydrogen) atoms. The van der Waals surface area contributed by atoms with Crippen LogP contribution in [0.3, 0.4) is 0 Å². The van der Waals surface area contributed by atoms with Gasteiger partial charge in [0.2, 0.25) is 5.91 Å². The molecule has 7 nitrogen and oxygen atoms in total. The van der Waals surface area contributed by atoms with E-state index in [-0.39, 0.29) is 18.4 Å². The topological polar surface area (TPSA) is 97.0 Å². The third-order valence-corrected chi connectivity index (χ3v) is 3.94. The number of nitrogens with one attached hydrogen (secondary N) is 1. The normalized spacial score (nSPS) is 17.8. The van der Waals surface area contributed by atoms with Gasteiger partial charge in [-0.15, -0.1) is 0 Å². The third kappa shape index (κ3) is 3.81. The highest BCUT2D eigenvalue weighted by Gasteiger charge is 2.25. The summed E-state index contributed by atoms with van der Waals surface area (Å²) in [6.07, 6.45) is 7.11. The van der Waals surface area contributed by atoms with Gasteiger partial charge < -0.3 is 16.0 Å². The molecule has 3 N–H and O–H groups in total. The Kier molecular flexibility index (Phi) is 4.77. The lowest BCUT2D eigenvalue weighted by Crippen LogP contribution is -2.42. The lowest BCUT2D eigenvalue weighted by Gasteiger charge is -2.32. The van der Waals surface area contributed by atoms with Gasteiger partial charge in [0, 0.05) is 31.4 Å². The number of hydrogen-bond acceptors (Lipinski definition) is 6. The van der Waals surface area contributed by atoms with Crippen LogP contribution in [0.25, 0.3) is 0 Å². The van der Waals surface area contributed by atoms with Gasteiger partial charge in [-0.1, -0.05) is 6.07 Å². The minimum absolute atomic E-state index is 0.00887. The Bertz CT molecular complexity index is 663. The molecule has 1 amide bonds. The van der Waals surface area contributed by atoms with Crippen LogP contribution in [-0.4, -0.2) is 45.4 Å². The van der Waals surface area contributed by atoms with E-state index in [1.807, 2.05) is 23.1 Å². The van der Waals surface area contributed by atoms with Crippen molar-refractivity contribution in [3.05, 3.63) is 42.5 Å². The van der Waals surface area contributed by atoms with Crippen molar-refractivity contribution in [1.29, 1.82) is 0 Å². The molecule has 0 bridgehead atoms. The molecule has 2 aromatic heterocycles. The van der Waals surface area contributed by atoms with Crippen molar-refractivity contribution in [3.63, 3.8) is 0 Å². The summed E-state index contributed by atoms with van der Waals surface area (Å²) in [6, 6.07) is 5.64. The summed E-state index contributed by atoms with van der Waals surface area (Å²) in [5, 5.41) is 3.14. The molecule has 7 heteroatoms. The minimum Gasteiger partial charge on any atom is -0.341 e. The first-order valence-electron chi connectivity index (χ1n) is 7.74. The lowest BCUT2D eigenvalue weighted by molar-refractivity contribution is -0.130. The number of likely N-dealkylation sites (tertiary alicyclic amines) is 1. The van der Waals surface area contributed by atoms with E-state index >= 15 is 0 Å². The predicted molar refractivity (Wildman–Crippen MR) is 87.2 cm³/mol. The Morgan fingerprint density at radius 3 is 3.04 bits per heavy atom. The second-order valence-corrected chi connectivity index (χ2v) is 5.55. The molecular formula is C16H20N6O. The molecular weight excluding hydrogens is 292 g/mol. The highest BCUT2D eigenvalue weighted by molar-refractivity contribution is 5.78. The Morgan fingerprint density at radius 1 is 1.35 bits per heavy atom. The van der Waals surface area contributed by atoms with Gasteiger partial charge in [0.05, 0.1) is 18.4 Å². The highest BCUT2D eigenvalue weighted by Crippen LogP contribution is 2.26. The first-order chi connectivity index (χ1) is 11.3. The maximum atomic E-state index is 11.8. The molecule has 0 unspecified atom stereocenters. The van der Waals surface area contributed by atoms with Crippen molar-refractivity contribution in [2.75, 3.05) is 25.0 Å². The summed E-state index contributed by atoms with van der Waals surface area (Å²) in [5.41, 5.74) is 6.35. The van der Waals surface area contributed by atoms with E-state index < -0.39 is 0 Å². The third-order valence-electron chi connectivity index (χ3n) is 3.94. The van der Waals surface area contributed by atoms with Crippen molar-refractivity contribution in [3.8, 4) is 0 Å². The van der Waals surface area contributed by atoms with Crippen LogP contribution >= 0.6 is 0 Å². The van der Waals surface area contributed by atoms with Crippen LogP contribution < -0.4 is 11.1 Å². The van der Waals surface area contributed by atoms with E-state index in [0.29, 0.717) is 12.4 Å². The van der Waals surface area contributed by atoms with Gasteiger partial charge in [-0.2, -0.15) is 0 Å². The van der Waals surface area contributed by atoms with Gasteiger partial charge in [-0.05, 0) is 25.0 Å². The molecule has 1 fully saturated rings. The standard InChI is InChI=1S/C16H20N6O/c17-8-16(23)22-7-3-4-12(11-22)13-9-18-10-15(20-13)21-14-5-1-2-6-19-14/h1-2,5-6,9-10,12H,3-4,7-8,11,17H2,(H,19,20,21)/t12-/m0/s1. The highest BCUT2D eigenvalue weighted by atomic mass is 16.2. The van der Waals surface area contributed by atoms with E-state index in [0.717, 1.165) is 30.9 Å². The fourth-order valence-corrected chi connectivity index (χ4v) is 2.78. The van der Waals surface area contributed by atoms with Gasteiger partial charge in [-0.3, -0.25) is 9.78 Å². The summed E-state index contributed by atoms with van der Waals surface area (Å²) in [6.45, 7) is 1.48. The van der Waals surface area contributed by atoms with E-state index in [1.165, 1.54) is 0 Å². The van der Waals surface area contributed by atoms with E-state index in [1.54, 1.807) is 18.6 Å². The number of anilines is 2. The Morgan fingerprint density at radius 2 is 2.26 bits per heavy atom. The number of pyridine rings is 1. The first kappa shape index (κ1) is 15.4. The molecule has 0 aromatic carbocycles. The molecule has 1 aliphatic heterocycles. The van der Waals surface area contributed by atoms with Crippen molar-refractivity contribution in [2.24, 2.45) is 5.73 Å². The fraction of sp³-hybridized carbons (Fsp3) is 0.375. The molecule has 0 radical (unpaired) electrons. The smallest absolute Gasteiger partial charge is 0.236 e. The van der Waals surface area contributed by atoms with Crippen LogP contribution in [0.4, 0.5) is 11.6 Å². The van der Waals surface area contributed by atoms with Gasteiger partial charge in [-0.25, -0.2) is 9.97 Å². The van der Waals surface area contributed by atoms with Crippen LogP contribution in [0.15, 0.2) is 36.8 Å². The van der Waals surface area contributed by atoms with Crippen molar-refractivity contribution in [2.45, 2.75) is 18.8 Å². The summed E-state index contributed by atoms with van der Waals surface area (Å²) in [7, 11) is 0. The molecule has 120 valence electrons. The molecule has 1 atom stereocenters. The van der Waals surface area contributed by atoms with Gasteiger partial charge in [0.1, 0.15) is 11.6 Å². The SMILES string of the molecule is NCC(=O)N1CCC[C@H](c2cncc(Nc3ccccn3)n2)C1. The number of hydrogen-bond donors (Lipinski definition) is 2. The lowest BCUT2D eigenvalue weighted by atomic mass is 9.95. The molecule has 1 aliphatic rings. The second kappa shape index (κ2) is 7.15. The van der Waals surface area contributed by atoms with Crippen molar-refractivity contribution < 1.29 is 4.79 Å². The van der Waals surface area contributed by atoms with Crippen LogP contribution in [0.5, 0.6) is 0 Å². The maximum Gasteiger partial charge on any atom is 0.236 e. The van der Waals surface area contributed by atoms with Crippen molar-refractivity contribution in [1.82, 2.24) is 19.9 Å². The van der Waals surface area contributed by atoms with Gasteiger partial charge in [0.25, 0.3) is 0 Å². The zero-order chi connectivity index (χ0) is 16.1. The predicted octanol–water partition coefficient (Wildman–Crippen LogP) is 1.28. The van der Waals surface area contributed by atoms with Crippen LogP contribution in [0.2, 0.25) is 0 Å². The zero-order valence-electron chi connectivity index (χ0n) is 12.9. The first-order valence-corrected chi connectivity index (χ1v) is 7.74. The van der Waals surface area contributed by atoms with Crippen molar-refractivity contribution >= 4 is 17.5 Å². The Hall–Kier alpha value is -2.54.